The summed E-state index contributed by atoms with van der Waals surface area (Å²) in [5, 5.41) is 8.63. The zero-order chi connectivity index (χ0) is 19.6. The van der Waals surface area contributed by atoms with Crippen LogP contribution in [0.1, 0.15) is 38.2 Å². The van der Waals surface area contributed by atoms with Crippen molar-refractivity contribution in [2.24, 2.45) is 11.7 Å². The van der Waals surface area contributed by atoms with E-state index in [1.807, 2.05) is 25.1 Å². The third-order valence-electron chi connectivity index (χ3n) is 4.64. The van der Waals surface area contributed by atoms with Crippen LogP contribution in [0.5, 0.6) is 11.5 Å². The Morgan fingerprint density at radius 3 is 2.52 bits per heavy atom. The normalized spacial score (nSPS) is 16.6. The number of benzene rings is 1. The fourth-order valence-corrected chi connectivity index (χ4v) is 3.05. The molecule has 1 aromatic carbocycles. The van der Waals surface area contributed by atoms with Gasteiger partial charge in [-0.15, -0.1) is 0 Å². The predicted octanol–water partition coefficient (Wildman–Crippen LogP) is 3.18. The number of likely N-dealkylation sites (tertiary alicyclic amines) is 1. The lowest BCUT2D eigenvalue weighted by atomic mass is 9.96. The Morgan fingerprint density at radius 1 is 1.22 bits per heavy atom. The Bertz CT molecular complexity index is 668. The van der Waals surface area contributed by atoms with E-state index in [4.69, 9.17) is 20.3 Å². The van der Waals surface area contributed by atoms with Gasteiger partial charge in [0, 0.05) is 19.2 Å². The van der Waals surface area contributed by atoms with E-state index in [1.165, 1.54) is 12.5 Å². The number of rotatable bonds is 5. The minimum Gasteiger partial charge on any atom is -0.478 e. The van der Waals surface area contributed by atoms with Gasteiger partial charge in [-0.05, 0) is 55.7 Å². The monoisotopic (exact) mass is 376 g/mol. The smallest absolute Gasteiger partial charge is 0.327 e. The summed E-state index contributed by atoms with van der Waals surface area (Å²) >= 11 is 0. The predicted molar refractivity (Wildman–Crippen MR) is 102 cm³/mol. The van der Waals surface area contributed by atoms with Gasteiger partial charge < -0.3 is 25.2 Å². The number of nitrogens with two attached hydrogens (primary N) is 1. The van der Waals surface area contributed by atoms with Crippen molar-refractivity contribution >= 4 is 12.0 Å². The van der Waals surface area contributed by atoms with Crippen LogP contribution in [0.25, 0.3) is 0 Å². The second-order valence-electron chi connectivity index (χ2n) is 6.64. The Hall–Kier alpha value is -2.70. The van der Waals surface area contributed by atoms with Crippen molar-refractivity contribution in [2.45, 2.75) is 39.0 Å². The van der Waals surface area contributed by atoms with Gasteiger partial charge in [0.05, 0.1) is 0 Å². The van der Waals surface area contributed by atoms with Gasteiger partial charge in [-0.3, -0.25) is 0 Å². The number of allylic oxidation sites excluding steroid dienone is 1. The van der Waals surface area contributed by atoms with Gasteiger partial charge in [0.25, 0.3) is 0 Å². The highest BCUT2D eigenvalue weighted by atomic mass is 16.7. The topological polar surface area (TPSA) is 102 Å². The zero-order valence-electron chi connectivity index (χ0n) is 15.7. The molecule has 2 aliphatic heterocycles. The lowest BCUT2D eigenvalue weighted by Gasteiger charge is -2.24. The lowest BCUT2D eigenvalue weighted by Crippen LogP contribution is -2.39. The van der Waals surface area contributed by atoms with Crippen LogP contribution >= 0.6 is 0 Å². The fraction of sp³-hybridized carbons (Fsp3) is 0.500. The Balaban J connectivity index is 0.000000244. The summed E-state index contributed by atoms with van der Waals surface area (Å²) in [6.07, 6.45) is 8.12. The SMILES string of the molecule is CCC(C=CC(=O)O)Cc1ccc2c(c1)OCO2.NC(=O)N1CCCCC1. The number of piperidine rings is 1. The van der Waals surface area contributed by atoms with Crippen LogP contribution in [-0.4, -0.2) is 41.9 Å². The summed E-state index contributed by atoms with van der Waals surface area (Å²) in [5.41, 5.74) is 6.18. The molecular formula is C20H28N2O5. The molecule has 1 fully saturated rings. The highest BCUT2D eigenvalue weighted by molar-refractivity contribution is 5.79. The fourth-order valence-electron chi connectivity index (χ4n) is 3.05. The number of urea groups is 1. The van der Waals surface area contributed by atoms with Crippen LogP contribution in [0.15, 0.2) is 30.4 Å². The molecule has 1 saturated heterocycles. The molecule has 2 heterocycles. The van der Waals surface area contributed by atoms with E-state index in [1.54, 1.807) is 11.0 Å². The van der Waals surface area contributed by atoms with E-state index in [0.717, 1.165) is 55.8 Å². The number of amides is 2. The third kappa shape index (κ3) is 6.84. The van der Waals surface area contributed by atoms with Gasteiger partial charge in [0.2, 0.25) is 6.79 Å². The maximum absolute atomic E-state index is 10.5. The van der Waals surface area contributed by atoms with Crippen LogP contribution in [0.2, 0.25) is 0 Å². The van der Waals surface area contributed by atoms with Crippen molar-refractivity contribution in [1.82, 2.24) is 4.90 Å². The molecule has 2 aliphatic rings. The van der Waals surface area contributed by atoms with E-state index in [-0.39, 0.29) is 18.7 Å². The van der Waals surface area contributed by atoms with Crippen LogP contribution in [0, 0.1) is 5.92 Å². The van der Waals surface area contributed by atoms with Crippen molar-refractivity contribution in [3.05, 3.63) is 35.9 Å². The first kappa shape index (κ1) is 20.6. The molecule has 7 nitrogen and oxygen atoms in total. The summed E-state index contributed by atoms with van der Waals surface area (Å²) < 4.78 is 10.6. The molecule has 0 aliphatic carbocycles. The third-order valence-corrected chi connectivity index (χ3v) is 4.64. The Kier molecular flexibility index (Phi) is 7.98. The first-order valence-electron chi connectivity index (χ1n) is 9.33. The first-order chi connectivity index (χ1) is 13.0. The molecule has 27 heavy (non-hydrogen) atoms. The summed E-state index contributed by atoms with van der Waals surface area (Å²) in [6, 6.07) is 5.57. The molecule has 3 rings (SSSR count). The number of hydrogen-bond donors (Lipinski definition) is 2. The molecule has 148 valence electrons. The largest absolute Gasteiger partial charge is 0.478 e. The number of carboxylic acids is 1. The number of ether oxygens (including phenoxy) is 2. The summed E-state index contributed by atoms with van der Waals surface area (Å²) in [6.45, 7) is 4.03. The van der Waals surface area contributed by atoms with Crippen LogP contribution in [0.4, 0.5) is 4.79 Å². The minimum atomic E-state index is -0.904. The maximum atomic E-state index is 10.5. The molecule has 0 aromatic heterocycles. The molecule has 1 unspecified atom stereocenters. The van der Waals surface area contributed by atoms with E-state index >= 15 is 0 Å². The average molecular weight is 376 g/mol. The van der Waals surface area contributed by atoms with Crippen molar-refractivity contribution in [3.63, 3.8) is 0 Å². The molecule has 3 N–H and O–H groups in total. The van der Waals surface area contributed by atoms with Crippen LogP contribution < -0.4 is 15.2 Å². The quantitative estimate of drug-likeness (QED) is 0.769. The zero-order valence-corrected chi connectivity index (χ0v) is 15.7. The average Bonchev–Trinajstić information content (AvgIpc) is 3.14. The number of nitrogens with zero attached hydrogens (tertiary/aromatic N) is 1. The van der Waals surface area contributed by atoms with Crippen LogP contribution in [-0.2, 0) is 11.2 Å². The summed E-state index contributed by atoms with van der Waals surface area (Å²) in [4.78, 5) is 22.7. The number of aliphatic carboxylic acids is 1. The van der Waals surface area contributed by atoms with Crippen molar-refractivity contribution in [1.29, 1.82) is 0 Å². The number of carbonyl (C=O) groups is 2. The highest BCUT2D eigenvalue weighted by Crippen LogP contribution is 2.33. The summed E-state index contributed by atoms with van der Waals surface area (Å²) in [7, 11) is 0. The summed E-state index contributed by atoms with van der Waals surface area (Å²) in [5.74, 6) is 0.859. The second kappa shape index (κ2) is 10.4. The van der Waals surface area contributed by atoms with E-state index in [9.17, 15) is 9.59 Å². The molecule has 0 radical (unpaired) electrons. The molecule has 7 heteroatoms. The molecule has 2 amide bonds. The van der Waals surface area contributed by atoms with E-state index < -0.39 is 5.97 Å². The Morgan fingerprint density at radius 2 is 1.93 bits per heavy atom. The van der Waals surface area contributed by atoms with E-state index in [2.05, 4.69) is 0 Å². The van der Waals surface area contributed by atoms with Gasteiger partial charge >= 0.3 is 12.0 Å². The van der Waals surface area contributed by atoms with Crippen molar-refractivity contribution in [2.75, 3.05) is 19.9 Å². The number of primary amides is 1. The van der Waals surface area contributed by atoms with Gasteiger partial charge in [0.15, 0.2) is 11.5 Å². The lowest BCUT2D eigenvalue weighted by molar-refractivity contribution is -0.131. The first-order valence-corrected chi connectivity index (χ1v) is 9.33. The van der Waals surface area contributed by atoms with Crippen LogP contribution in [0.3, 0.4) is 0 Å². The molecule has 0 saturated carbocycles. The van der Waals surface area contributed by atoms with Crippen molar-refractivity contribution < 1.29 is 24.2 Å². The number of fused-ring (bicyclic) bond motifs is 1. The van der Waals surface area contributed by atoms with E-state index in [0.29, 0.717) is 0 Å². The second-order valence-corrected chi connectivity index (χ2v) is 6.64. The molecule has 0 bridgehead atoms. The van der Waals surface area contributed by atoms with Gasteiger partial charge in [-0.2, -0.15) is 0 Å². The molecule has 1 aromatic rings. The maximum Gasteiger partial charge on any atom is 0.327 e. The number of hydrogen-bond acceptors (Lipinski definition) is 4. The van der Waals surface area contributed by atoms with Gasteiger partial charge in [-0.1, -0.05) is 19.1 Å². The number of carbonyl (C=O) groups excluding carboxylic acids is 1. The van der Waals surface area contributed by atoms with Gasteiger partial charge in [-0.25, -0.2) is 9.59 Å². The van der Waals surface area contributed by atoms with Crippen molar-refractivity contribution in [3.8, 4) is 11.5 Å². The standard InChI is InChI=1S/C14H16O4.C6H12N2O/c1-2-10(4-6-14(15)16)7-11-3-5-12-13(8-11)18-9-17-12;7-6(9)8-4-2-1-3-5-8/h3-6,8,10H,2,7,9H2,1H3,(H,15,16);1-5H2,(H2,7,9). The molecular weight excluding hydrogens is 348 g/mol. The Labute approximate surface area is 159 Å². The number of carboxylic acid groups (broad SMARTS) is 1. The van der Waals surface area contributed by atoms with Gasteiger partial charge in [0.1, 0.15) is 0 Å². The minimum absolute atomic E-state index is 0.224. The molecule has 1 atom stereocenters. The molecule has 0 spiro atoms. The highest BCUT2D eigenvalue weighted by Gasteiger charge is 2.14.